The summed E-state index contributed by atoms with van der Waals surface area (Å²) in [5.41, 5.74) is 2.93. The van der Waals surface area contributed by atoms with E-state index < -0.39 is 5.91 Å². The molecule has 2 aromatic rings. The number of nitrogens with zero attached hydrogens (tertiary/aromatic N) is 4. The molecule has 0 atom stereocenters. The number of nitrogen functional groups attached to an aromatic ring is 1. The highest BCUT2D eigenvalue weighted by molar-refractivity contribution is 5.97. The summed E-state index contributed by atoms with van der Waals surface area (Å²) < 4.78 is 4.92. The van der Waals surface area contributed by atoms with Gasteiger partial charge in [0.1, 0.15) is 5.82 Å². The van der Waals surface area contributed by atoms with Crippen molar-refractivity contribution in [1.29, 1.82) is 0 Å². The number of carbonyl (C=O) groups excluding carboxylic acids is 1. The molecule has 0 saturated heterocycles. The van der Waals surface area contributed by atoms with E-state index in [0.717, 1.165) is 0 Å². The number of hydrogen-bond acceptors (Lipinski definition) is 8. The van der Waals surface area contributed by atoms with Gasteiger partial charge in [-0.25, -0.2) is 9.97 Å². The molecule has 0 aliphatic carbocycles. The van der Waals surface area contributed by atoms with Crippen LogP contribution in [-0.2, 0) is 6.54 Å². The number of rotatable bonds is 5. The second kappa shape index (κ2) is 6.27. The van der Waals surface area contributed by atoms with Crippen LogP contribution in [0.15, 0.2) is 10.7 Å². The van der Waals surface area contributed by atoms with Gasteiger partial charge in [0.05, 0.1) is 18.4 Å². The quantitative estimate of drug-likeness (QED) is 0.536. The summed E-state index contributed by atoms with van der Waals surface area (Å²) in [4.78, 5) is 24.6. The van der Waals surface area contributed by atoms with Crippen LogP contribution in [0.3, 0.4) is 0 Å². The normalized spacial score (nSPS) is 10.7. The Bertz CT molecular complexity index is 638. The van der Waals surface area contributed by atoms with Crippen molar-refractivity contribution in [1.82, 2.24) is 25.4 Å². The van der Waals surface area contributed by atoms with Gasteiger partial charge in [-0.15, -0.1) is 0 Å². The van der Waals surface area contributed by atoms with Gasteiger partial charge >= 0.3 is 0 Å². The SMILES string of the molecule is Cc1noc(CNC(=O)c2nc(C(C)C)ncc2NN)n1. The van der Waals surface area contributed by atoms with Crippen molar-refractivity contribution in [3.8, 4) is 0 Å². The summed E-state index contributed by atoms with van der Waals surface area (Å²) in [7, 11) is 0. The van der Waals surface area contributed by atoms with Crippen molar-refractivity contribution in [2.75, 3.05) is 5.43 Å². The Hall–Kier alpha value is -2.55. The van der Waals surface area contributed by atoms with Crippen molar-refractivity contribution in [3.05, 3.63) is 29.4 Å². The number of aromatic nitrogens is 4. The van der Waals surface area contributed by atoms with Crippen molar-refractivity contribution in [3.63, 3.8) is 0 Å². The standard InChI is InChI=1S/C12H17N7O2/c1-6(2)11-14-4-8(18-13)10(17-11)12(20)15-5-9-16-7(3)19-21-9/h4,6,18H,5,13H2,1-3H3,(H,15,20). The van der Waals surface area contributed by atoms with Crippen molar-refractivity contribution < 1.29 is 9.32 Å². The molecule has 9 nitrogen and oxygen atoms in total. The lowest BCUT2D eigenvalue weighted by Gasteiger charge is -2.10. The molecular weight excluding hydrogens is 274 g/mol. The smallest absolute Gasteiger partial charge is 0.272 e. The number of amides is 1. The summed E-state index contributed by atoms with van der Waals surface area (Å²) in [5, 5.41) is 6.29. The van der Waals surface area contributed by atoms with Gasteiger partial charge in [0.2, 0.25) is 5.89 Å². The molecule has 0 bridgehead atoms. The average molecular weight is 291 g/mol. The molecule has 112 valence electrons. The monoisotopic (exact) mass is 291 g/mol. The van der Waals surface area contributed by atoms with E-state index in [-0.39, 0.29) is 18.2 Å². The van der Waals surface area contributed by atoms with E-state index in [9.17, 15) is 4.79 Å². The highest BCUT2D eigenvalue weighted by Gasteiger charge is 2.16. The number of aryl methyl sites for hydroxylation is 1. The predicted octanol–water partition coefficient (Wildman–Crippen LogP) is 0.507. The van der Waals surface area contributed by atoms with Crippen molar-refractivity contribution in [2.45, 2.75) is 33.2 Å². The Labute approximate surface area is 121 Å². The minimum absolute atomic E-state index is 0.0990. The minimum atomic E-state index is -0.400. The lowest BCUT2D eigenvalue weighted by molar-refractivity contribution is 0.0941. The van der Waals surface area contributed by atoms with E-state index in [1.807, 2.05) is 13.8 Å². The largest absolute Gasteiger partial charge is 0.342 e. The second-order valence-electron chi connectivity index (χ2n) is 4.71. The topological polar surface area (TPSA) is 132 Å². The van der Waals surface area contributed by atoms with Crippen LogP contribution in [0.4, 0.5) is 5.69 Å². The minimum Gasteiger partial charge on any atom is -0.342 e. The molecule has 2 aromatic heterocycles. The summed E-state index contributed by atoms with van der Waals surface area (Å²) >= 11 is 0. The molecule has 21 heavy (non-hydrogen) atoms. The number of carbonyl (C=O) groups is 1. The fraction of sp³-hybridized carbons (Fsp3) is 0.417. The van der Waals surface area contributed by atoms with Crippen molar-refractivity contribution >= 4 is 11.6 Å². The molecular formula is C12H17N7O2. The maximum atomic E-state index is 12.2. The maximum Gasteiger partial charge on any atom is 0.272 e. The first-order valence-corrected chi connectivity index (χ1v) is 6.42. The predicted molar refractivity (Wildman–Crippen MR) is 74.1 cm³/mol. The van der Waals surface area contributed by atoms with E-state index in [0.29, 0.717) is 23.2 Å². The van der Waals surface area contributed by atoms with E-state index in [1.54, 1.807) is 6.92 Å². The highest BCUT2D eigenvalue weighted by atomic mass is 16.5. The Morgan fingerprint density at radius 3 is 2.76 bits per heavy atom. The molecule has 1 amide bonds. The molecule has 0 aromatic carbocycles. The van der Waals surface area contributed by atoms with Gasteiger partial charge in [-0.05, 0) is 6.92 Å². The van der Waals surface area contributed by atoms with Gasteiger partial charge < -0.3 is 15.3 Å². The summed E-state index contributed by atoms with van der Waals surface area (Å²) in [5.74, 6) is 6.46. The Kier molecular flexibility index (Phi) is 4.43. The van der Waals surface area contributed by atoms with Gasteiger partial charge in [-0.1, -0.05) is 19.0 Å². The van der Waals surface area contributed by atoms with Crippen LogP contribution >= 0.6 is 0 Å². The van der Waals surface area contributed by atoms with E-state index in [2.05, 4.69) is 30.9 Å². The van der Waals surface area contributed by atoms with Crippen LogP contribution in [0.25, 0.3) is 0 Å². The van der Waals surface area contributed by atoms with Gasteiger partial charge in [0.25, 0.3) is 5.91 Å². The Morgan fingerprint density at radius 2 is 2.19 bits per heavy atom. The lowest BCUT2D eigenvalue weighted by Crippen LogP contribution is -2.27. The molecule has 0 aliphatic heterocycles. The van der Waals surface area contributed by atoms with Gasteiger partial charge in [-0.3, -0.25) is 10.6 Å². The molecule has 4 N–H and O–H groups in total. The molecule has 0 radical (unpaired) electrons. The molecule has 9 heteroatoms. The number of nitrogens with two attached hydrogens (primary N) is 1. The molecule has 0 unspecified atom stereocenters. The van der Waals surface area contributed by atoms with Crippen LogP contribution in [0.2, 0.25) is 0 Å². The van der Waals surface area contributed by atoms with E-state index in [1.165, 1.54) is 6.20 Å². The average Bonchev–Trinajstić information content (AvgIpc) is 2.89. The fourth-order valence-corrected chi connectivity index (χ4v) is 1.60. The third-order valence-corrected chi connectivity index (χ3v) is 2.66. The number of hydrogen-bond donors (Lipinski definition) is 3. The zero-order chi connectivity index (χ0) is 15.4. The Balaban J connectivity index is 2.15. The molecule has 0 fully saturated rings. The molecule has 0 spiro atoms. The molecule has 2 heterocycles. The number of anilines is 1. The molecule has 0 saturated carbocycles. The number of nitrogens with one attached hydrogen (secondary N) is 2. The van der Waals surface area contributed by atoms with Gasteiger partial charge in [0.15, 0.2) is 11.5 Å². The summed E-state index contributed by atoms with van der Waals surface area (Å²) in [6, 6.07) is 0. The van der Waals surface area contributed by atoms with E-state index >= 15 is 0 Å². The second-order valence-corrected chi connectivity index (χ2v) is 4.71. The van der Waals surface area contributed by atoms with Gasteiger partial charge in [0, 0.05) is 5.92 Å². The van der Waals surface area contributed by atoms with Gasteiger partial charge in [-0.2, -0.15) is 4.98 Å². The highest BCUT2D eigenvalue weighted by Crippen LogP contribution is 2.15. The molecule has 0 aliphatic rings. The third kappa shape index (κ3) is 3.51. The first-order chi connectivity index (χ1) is 10.0. The third-order valence-electron chi connectivity index (χ3n) is 2.66. The summed E-state index contributed by atoms with van der Waals surface area (Å²) in [6.07, 6.45) is 1.48. The zero-order valence-corrected chi connectivity index (χ0v) is 12.0. The molecule has 2 rings (SSSR count). The number of hydrazine groups is 1. The fourth-order valence-electron chi connectivity index (χ4n) is 1.60. The van der Waals surface area contributed by atoms with Crippen LogP contribution < -0.4 is 16.6 Å². The van der Waals surface area contributed by atoms with Crippen LogP contribution in [0, 0.1) is 6.92 Å². The lowest BCUT2D eigenvalue weighted by atomic mass is 10.2. The maximum absolute atomic E-state index is 12.2. The first-order valence-electron chi connectivity index (χ1n) is 6.42. The van der Waals surface area contributed by atoms with E-state index in [4.69, 9.17) is 10.4 Å². The summed E-state index contributed by atoms with van der Waals surface area (Å²) in [6.45, 7) is 5.69. The van der Waals surface area contributed by atoms with Crippen LogP contribution in [-0.4, -0.2) is 26.0 Å². The van der Waals surface area contributed by atoms with Crippen LogP contribution in [0.1, 0.15) is 47.8 Å². The van der Waals surface area contributed by atoms with Crippen molar-refractivity contribution in [2.24, 2.45) is 5.84 Å². The Morgan fingerprint density at radius 1 is 1.43 bits per heavy atom. The zero-order valence-electron chi connectivity index (χ0n) is 12.0. The first kappa shape index (κ1) is 14.9. The van der Waals surface area contributed by atoms with Crippen LogP contribution in [0.5, 0.6) is 0 Å².